The number of carboxylic acids is 1. The average Bonchev–Trinajstić information content (AvgIpc) is 3.52. The van der Waals surface area contributed by atoms with Crippen molar-refractivity contribution in [2.45, 2.75) is 277 Å². The number of nitrogens with zero attached hydrogens (tertiary/aromatic N) is 1. The molecule has 2 atom stereocenters. The van der Waals surface area contributed by atoms with Gasteiger partial charge in [0.15, 0.2) is 12.4 Å². The molecule has 0 aliphatic heterocycles. The van der Waals surface area contributed by atoms with Crippen LogP contribution in [0.1, 0.15) is 264 Å². The SMILES string of the molecule is CC/C=C\C/C=C\C/C=C\C/C=C\C/C=C\C/C=C\C/C=C\C/C=C\C/C=C\C/C=C\C/C=C\CCCCCCCCCC(=O)OC(COC(=O)CCCCCCCCCCCCCCCCCCCC)COC(OCC[N+](C)(C)C)C(=O)[O-]. The Morgan fingerprint density at radius 3 is 1.01 bits per heavy atom. The van der Waals surface area contributed by atoms with Crippen LogP contribution < -0.4 is 5.11 Å². The van der Waals surface area contributed by atoms with Gasteiger partial charge in [-0.3, -0.25) is 9.59 Å². The number of carboxylic acid groups (broad SMARTS) is 1. The first-order valence-electron chi connectivity index (χ1n) is 33.8. The van der Waals surface area contributed by atoms with Gasteiger partial charge in [-0.25, -0.2) is 0 Å². The Hall–Kier alpha value is -4.57. The number of carbonyl (C=O) groups excluding carboxylic acids is 3. The normalized spacial score (nSPS) is 13.6. The van der Waals surface area contributed by atoms with Crippen LogP contribution in [0, 0.1) is 0 Å². The summed E-state index contributed by atoms with van der Waals surface area (Å²) >= 11 is 0. The highest BCUT2D eigenvalue weighted by Gasteiger charge is 2.22. The number of unbranched alkanes of at least 4 members (excludes halogenated alkanes) is 24. The summed E-state index contributed by atoms with van der Waals surface area (Å²) in [4.78, 5) is 37.4. The minimum Gasteiger partial charge on any atom is -0.545 e. The fourth-order valence-electron chi connectivity index (χ4n) is 9.01. The number of esters is 2. The lowest BCUT2D eigenvalue weighted by molar-refractivity contribution is -0.870. The first-order chi connectivity index (χ1) is 41.1. The van der Waals surface area contributed by atoms with Gasteiger partial charge in [0.05, 0.1) is 40.3 Å². The van der Waals surface area contributed by atoms with Gasteiger partial charge in [-0.05, 0) is 96.3 Å². The number of allylic oxidation sites excluding steroid dienone is 22. The third kappa shape index (κ3) is 65.0. The van der Waals surface area contributed by atoms with Crippen LogP contribution >= 0.6 is 0 Å². The summed E-state index contributed by atoms with van der Waals surface area (Å²) in [5, 5.41) is 11.8. The van der Waals surface area contributed by atoms with E-state index in [1.54, 1.807) is 0 Å². The van der Waals surface area contributed by atoms with Crippen LogP contribution in [0.2, 0.25) is 0 Å². The zero-order valence-electron chi connectivity index (χ0n) is 54.5. The Morgan fingerprint density at radius 2 is 0.679 bits per heavy atom. The molecular formula is C75H125NO8. The molecule has 0 spiro atoms. The van der Waals surface area contributed by atoms with Crippen LogP contribution in [0.15, 0.2) is 134 Å². The molecule has 0 saturated heterocycles. The van der Waals surface area contributed by atoms with Crippen molar-refractivity contribution in [2.24, 2.45) is 0 Å². The second kappa shape index (κ2) is 64.4. The number of quaternary nitrogens is 1. The minimum atomic E-state index is -1.63. The topological polar surface area (TPSA) is 111 Å². The van der Waals surface area contributed by atoms with E-state index in [1.807, 2.05) is 21.1 Å². The van der Waals surface area contributed by atoms with Crippen molar-refractivity contribution >= 4 is 17.9 Å². The fraction of sp³-hybridized carbons (Fsp3) is 0.667. The van der Waals surface area contributed by atoms with E-state index in [2.05, 4.69) is 148 Å². The van der Waals surface area contributed by atoms with Gasteiger partial charge in [0, 0.05) is 12.8 Å². The average molecular weight is 1170 g/mol. The molecule has 9 heteroatoms. The third-order valence-corrected chi connectivity index (χ3v) is 14.2. The van der Waals surface area contributed by atoms with Crippen molar-refractivity contribution in [3.63, 3.8) is 0 Å². The molecule has 478 valence electrons. The van der Waals surface area contributed by atoms with Gasteiger partial charge in [0.2, 0.25) is 0 Å². The van der Waals surface area contributed by atoms with Crippen LogP contribution in [0.3, 0.4) is 0 Å². The van der Waals surface area contributed by atoms with E-state index >= 15 is 0 Å². The highest BCUT2D eigenvalue weighted by molar-refractivity contribution is 5.70. The molecular weight excluding hydrogens is 1040 g/mol. The monoisotopic (exact) mass is 1170 g/mol. The maximum atomic E-state index is 12.9. The molecule has 0 radical (unpaired) electrons. The predicted molar refractivity (Wildman–Crippen MR) is 356 cm³/mol. The van der Waals surface area contributed by atoms with Gasteiger partial charge in [-0.1, -0.05) is 289 Å². The van der Waals surface area contributed by atoms with Crippen LogP contribution in [-0.4, -0.2) is 82.3 Å². The number of aliphatic carboxylic acids is 1. The Morgan fingerprint density at radius 1 is 0.369 bits per heavy atom. The standard InChI is InChI=1S/C75H125NO8/c1-6-8-10-12-14-16-18-20-22-24-26-27-28-29-30-31-32-33-34-35-36-37-38-39-40-41-42-43-44-45-46-47-48-50-52-54-56-58-60-62-64-66-73(78)84-71(70-83-75(74(79)80)81-68-67-76(3,4)5)69-82-72(77)65-63-61-59-57-55-53-51-49-25-23-21-19-17-15-13-11-9-7-2/h8,10,14,16,20,22,26-27,29-30,32-33,35-36,38-39,41-42,44-45,47-48,71,75H,6-7,9,11-13,15,17-19,21,23-25,28,31,34,37,40,43,46,49-70H2,1-5H3/b10-8-,16-14-,22-20-,27-26-,30-29-,33-32-,36-35-,39-38-,42-41-,45-44-,48-47-. The van der Waals surface area contributed by atoms with Crippen molar-refractivity contribution in [1.29, 1.82) is 0 Å². The zero-order valence-corrected chi connectivity index (χ0v) is 54.5. The molecule has 0 N–H and O–H groups in total. The van der Waals surface area contributed by atoms with Gasteiger partial charge in [-0.2, -0.15) is 0 Å². The highest BCUT2D eigenvalue weighted by atomic mass is 16.7. The van der Waals surface area contributed by atoms with Crippen molar-refractivity contribution in [3.8, 4) is 0 Å². The number of ether oxygens (including phenoxy) is 4. The summed E-state index contributed by atoms with van der Waals surface area (Å²) in [5.74, 6) is -2.30. The maximum Gasteiger partial charge on any atom is 0.306 e. The molecule has 0 bridgehead atoms. The van der Waals surface area contributed by atoms with Crippen molar-refractivity contribution in [3.05, 3.63) is 134 Å². The molecule has 0 aromatic rings. The fourth-order valence-corrected chi connectivity index (χ4v) is 9.01. The maximum absolute atomic E-state index is 12.9. The lowest BCUT2D eigenvalue weighted by Gasteiger charge is -2.26. The van der Waals surface area contributed by atoms with E-state index < -0.39 is 24.3 Å². The molecule has 0 aliphatic rings. The van der Waals surface area contributed by atoms with Crippen LogP contribution in [-0.2, 0) is 33.3 Å². The lowest BCUT2D eigenvalue weighted by Crippen LogP contribution is -2.44. The molecule has 2 unspecified atom stereocenters. The number of carbonyl (C=O) groups is 3. The van der Waals surface area contributed by atoms with Crippen LogP contribution in [0.25, 0.3) is 0 Å². The number of hydrogen-bond donors (Lipinski definition) is 0. The Bertz CT molecular complexity index is 1840. The van der Waals surface area contributed by atoms with E-state index in [4.69, 9.17) is 18.9 Å². The van der Waals surface area contributed by atoms with Crippen molar-refractivity contribution < 1.29 is 42.9 Å². The van der Waals surface area contributed by atoms with Crippen molar-refractivity contribution in [2.75, 3.05) is 47.5 Å². The van der Waals surface area contributed by atoms with Crippen LogP contribution in [0.5, 0.6) is 0 Å². The Kier molecular flexibility index (Phi) is 60.9. The van der Waals surface area contributed by atoms with Gasteiger partial charge in [0.25, 0.3) is 0 Å². The quantitative estimate of drug-likeness (QED) is 0.0195. The first-order valence-corrected chi connectivity index (χ1v) is 33.8. The molecule has 0 rings (SSSR count). The second-order valence-corrected chi connectivity index (χ2v) is 23.4. The third-order valence-electron chi connectivity index (χ3n) is 14.2. The number of likely N-dealkylation sites (N-methyl/N-ethyl adjacent to an activating group) is 1. The zero-order chi connectivity index (χ0) is 61.2. The molecule has 0 aromatic heterocycles. The molecule has 0 aromatic carbocycles. The van der Waals surface area contributed by atoms with E-state index in [-0.39, 0.29) is 38.6 Å². The summed E-state index contributed by atoms with van der Waals surface area (Å²) in [6, 6.07) is 0. The molecule has 0 aliphatic carbocycles. The molecule has 0 amide bonds. The number of hydrogen-bond acceptors (Lipinski definition) is 8. The van der Waals surface area contributed by atoms with E-state index in [1.165, 1.54) is 116 Å². The minimum absolute atomic E-state index is 0.141. The predicted octanol–water partition coefficient (Wildman–Crippen LogP) is 19.6. The van der Waals surface area contributed by atoms with Crippen molar-refractivity contribution in [1.82, 2.24) is 0 Å². The van der Waals surface area contributed by atoms with E-state index in [9.17, 15) is 19.5 Å². The largest absolute Gasteiger partial charge is 0.545 e. The second-order valence-electron chi connectivity index (χ2n) is 23.4. The molecule has 0 fully saturated rings. The molecule has 9 nitrogen and oxygen atoms in total. The van der Waals surface area contributed by atoms with E-state index in [0.717, 1.165) is 116 Å². The summed E-state index contributed by atoms with van der Waals surface area (Å²) in [5.41, 5.74) is 0. The smallest absolute Gasteiger partial charge is 0.306 e. The number of rotatable bonds is 61. The van der Waals surface area contributed by atoms with Gasteiger partial charge < -0.3 is 33.3 Å². The van der Waals surface area contributed by atoms with E-state index in [0.29, 0.717) is 17.4 Å². The molecule has 0 heterocycles. The Labute approximate surface area is 516 Å². The molecule has 84 heavy (non-hydrogen) atoms. The summed E-state index contributed by atoms with van der Waals surface area (Å²) in [6.07, 6.45) is 89.5. The van der Waals surface area contributed by atoms with Gasteiger partial charge >= 0.3 is 11.9 Å². The molecule has 0 saturated carbocycles. The first kappa shape index (κ1) is 79.4. The highest BCUT2D eigenvalue weighted by Crippen LogP contribution is 2.16. The Balaban J connectivity index is 4.18. The summed E-state index contributed by atoms with van der Waals surface area (Å²) in [7, 11) is 5.92. The van der Waals surface area contributed by atoms with Gasteiger partial charge in [-0.15, -0.1) is 0 Å². The lowest BCUT2D eigenvalue weighted by atomic mass is 10.0. The van der Waals surface area contributed by atoms with Crippen LogP contribution in [0.4, 0.5) is 0 Å². The summed E-state index contributed by atoms with van der Waals surface area (Å²) < 4.78 is 22.7. The van der Waals surface area contributed by atoms with Gasteiger partial charge in [0.1, 0.15) is 13.2 Å². The summed E-state index contributed by atoms with van der Waals surface area (Å²) in [6.45, 7) is 4.63.